The Kier molecular flexibility index (Phi) is 4.38. The molecule has 2 aromatic carbocycles. The molecule has 0 aromatic heterocycles. The predicted molar refractivity (Wildman–Crippen MR) is 79.9 cm³/mol. The molecular formula is C16H15BrO2. The van der Waals surface area contributed by atoms with Gasteiger partial charge in [-0.1, -0.05) is 39.7 Å². The summed E-state index contributed by atoms with van der Waals surface area (Å²) in [6.07, 6.45) is 0. The number of hydrogen-bond acceptors (Lipinski definition) is 2. The molecule has 0 heterocycles. The lowest BCUT2D eigenvalue weighted by atomic mass is 10.1. The summed E-state index contributed by atoms with van der Waals surface area (Å²) < 4.78 is 6.56. The second kappa shape index (κ2) is 6.02. The van der Waals surface area contributed by atoms with E-state index in [1.54, 1.807) is 0 Å². The first kappa shape index (κ1) is 13.8. The van der Waals surface area contributed by atoms with E-state index in [0.717, 1.165) is 15.6 Å². The lowest BCUT2D eigenvalue weighted by Gasteiger charge is -2.07. The molecule has 0 saturated heterocycles. The summed E-state index contributed by atoms with van der Waals surface area (Å²) in [7, 11) is 0. The van der Waals surface area contributed by atoms with Crippen molar-refractivity contribution in [1.82, 2.24) is 0 Å². The smallest absolute Gasteiger partial charge is 0.200 e. The highest BCUT2D eigenvalue weighted by Gasteiger charge is 2.07. The molecule has 0 spiro atoms. The highest BCUT2D eigenvalue weighted by Crippen LogP contribution is 2.21. The number of halogens is 1. The molecule has 3 heteroatoms. The Labute approximate surface area is 121 Å². The van der Waals surface area contributed by atoms with Gasteiger partial charge in [-0.3, -0.25) is 4.79 Å². The monoisotopic (exact) mass is 318 g/mol. The maximum Gasteiger partial charge on any atom is 0.200 e. The Bertz CT molecular complexity index is 605. The van der Waals surface area contributed by atoms with Crippen LogP contribution in [-0.4, -0.2) is 12.4 Å². The second-order valence-electron chi connectivity index (χ2n) is 4.49. The molecule has 2 nitrogen and oxygen atoms in total. The van der Waals surface area contributed by atoms with Gasteiger partial charge in [-0.2, -0.15) is 0 Å². The summed E-state index contributed by atoms with van der Waals surface area (Å²) in [6, 6.07) is 13.2. The van der Waals surface area contributed by atoms with E-state index in [9.17, 15) is 4.79 Å². The number of ether oxygens (including phenoxy) is 1. The summed E-state index contributed by atoms with van der Waals surface area (Å²) in [5.41, 5.74) is 2.85. The van der Waals surface area contributed by atoms with Crippen LogP contribution in [0.1, 0.15) is 21.5 Å². The fraction of sp³-hybridized carbons (Fsp3) is 0.188. The molecule has 0 radical (unpaired) electrons. The molecule has 98 valence electrons. The molecule has 0 aliphatic heterocycles. The molecule has 0 bridgehead atoms. The van der Waals surface area contributed by atoms with E-state index in [1.807, 2.05) is 56.3 Å². The first-order valence-electron chi connectivity index (χ1n) is 6.05. The van der Waals surface area contributed by atoms with Gasteiger partial charge in [0, 0.05) is 10.0 Å². The van der Waals surface area contributed by atoms with Gasteiger partial charge in [-0.15, -0.1) is 0 Å². The minimum Gasteiger partial charge on any atom is -0.485 e. The number of ketones is 1. The van der Waals surface area contributed by atoms with Crippen molar-refractivity contribution < 1.29 is 9.53 Å². The summed E-state index contributed by atoms with van der Waals surface area (Å²) in [6.45, 7) is 4.01. The lowest BCUT2D eigenvalue weighted by molar-refractivity contribution is 0.0921. The minimum absolute atomic E-state index is 0.00993. The average Bonchev–Trinajstić information content (AvgIpc) is 2.40. The third kappa shape index (κ3) is 3.67. The lowest BCUT2D eigenvalue weighted by Crippen LogP contribution is -2.11. The highest BCUT2D eigenvalue weighted by molar-refractivity contribution is 9.10. The zero-order chi connectivity index (χ0) is 13.8. The molecule has 0 amide bonds. The van der Waals surface area contributed by atoms with E-state index >= 15 is 0 Å². The van der Waals surface area contributed by atoms with Crippen molar-refractivity contribution >= 4 is 21.7 Å². The van der Waals surface area contributed by atoms with Gasteiger partial charge in [-0.05, 0) is 43.7 Å². The number of carbonyl (C=O) groups excluding carboxylic acids is 1. The van der Waals surface area contributed by atoms with Crippen molar-refractivity contribution in [2.45, 2.75) is 13.8 Å². The molecule has 0 fully saturated rings. The molecule has 0 N–H and O–H groups in total. The van der Waals surface area contributed by atoms with Crippen LogP contribution in [0.4, 0.5) is 0 Å². The van der Waals surface area contributed by atoms with Crippen LogP contribution in [0.15, 0.2) is 46.9 Å². The fourth-order valence-electron chi connectivity index (χ4n) is 1.76. The molecule has 2 rings (SSSR count). The Morgan fingerprint density at radius 2 is 1.95 bits per heavy atom. The number of hydrogen-bond donors (Lipinski definition) is 0. The van der Waals surface area contributed by atoms with Crippen molar-refractivity contribution in [2.75, 3.05) is 6.61 Å². The van der Waals surface area contributed by atoms with Crippen LogP contribution in [0.5, 0.6) is 5.75 Å². The Balaban J connectivity index is 2.02. The largest absolute Gasteiger partial charge is 0.485 e. The van der Waals surface area contributed by atoms with Crippen LogP contribution in [0.3, 0.4) is 0 Å². The van der Waals surface area contributed by atoms with Crippen LogP contribution in [-0.2, 0) is 0 Å². The highest BCUT2D eigenvalue weighted by atomic mass is 79.9. The molecule has 0 saturated carbocycles. The van der Waals surface area contributed by atoms with E-state index in [1.165, 1.54) is 0 Å². The number of aryl methyl sites for hydroxylation is 2. The molecule has 0 unspecified atom stereocenters. The Morgan fingerprint density at radius 1 is 1.16 bits per heavy atom. The zero-order valence-corrected chi connectivity index (χ0v) is 12.5. The van der Waals surface area contributed by atoms with Gasteiger partial charge in [-0.25, -0.2) is 0 Å². The third-order valence-corrected chi connectivity index (χ3v) is 3.73. The van der Waals surface area contributed by atoms with Gasteiger partial charge in [0.1, 0.15) is 5.75 Å². The van der Waals surface area contributed by atoms with Gasteiger partial charge in [0.2, 0.25) is 0 Å². The quantitative estimate of drug-likeness (QED) is 0.784. The number of rotatable bonds is 4. The van der Waals surface area contributed by atoms with Gasteiger partial charge < -0.3 is 4.74 Å². The van der Waals surface area contributed by atoms with Gasteiger partial charge >= 0.3 is 0 Å². The van der Waals surface area contributed by atoms with Crippen LogP contribution < -0.4 is 4.74 Å². The average molecular weight is 319 g/mol. The van der Waals surface area contributed by atoms with Crippen molar-refractivity contribution in [3.8, 4) is 5.75 Å². The summed E-state index contributed by atoms with van der Waals surface area (Å²) in [5, 5.41) is 0. The maximum absolute atomic E-state index is 12.0. The number of Topliss-reactive ketones (excluding diaryl/α,β-unsaturated/α-hetero) is 1. The van der Waals surface area contributed by atoms with Crippen LogP contribution in [0.2, 0.25) is 0 Å². The topological polar surface area (TPSA) is 26.3 Å². The molecular weight excluding hydrogens is 304 g/mol. The minimum atomic E-state index is -0.00993. The fourth-order valence-corrected chi connectivity index (χ4v) is 2.00. The summed E-state index contributed by atoms with van der Waals surface area (Å²) >= 11 is 3.43. The zero-order valence-electron chi connectivity index (χ0n) is 10.9. The summed E-state index contributed by atoms with van der Waals surface area (Å²) in [5.74, 6) is 0.700. The maximum atomic E-state index is 12.0. The van der Waals surface area contributed by atoms with Gasteiger partial charge in [0.15, 0.2) is 12.4 Å². The van der Waals surface area contributed by atoms with Gasteiger partial charge in [0.25, 0.3) is 0 Å². The van der Waals surface area contributed by atoms with Crippen LogP contribution in [0.25, 0.3) is 0 Å². The standard InChI is InChI=1S/C16H15BrO2/c1-11-4-3-5-13(8-11)16(18)10-19-14-6-7-15(17)12(2)9-14/h3-9H,10H2,1-2H3. The Morgan fingerprint density at radius 3 is 2.63 bits per heavy atom. The summed E-state index contributed by atoms with van der Waals surface area (Å²) in [4.78, 5) is 12.0. The van der Waals surface area contributed by atoms with E-state index < -0.39 is 0 Å². The first-order chi connectivity index (χ1) is 9.06. The molecule has 0 aliphatic rings. The Hall–Kier alpha value is -1.61. The van der Waals surface area contributed by atoms with E-state index in [4.69, 9.17) is 4.74 Å². The van der Waals surface area contributed by atoms with Crippen LogP contribution >= 0.6 is 15.9 Å². The molecule has 0 atom stereocenters. The van der Waals surface area contributed by atoms with Crippen molar-refractivity contribution in [2.24, 2.45) is 0 Å². The van der Waals surface area contributed by atoms with Crippen molar-refractivity contribution in [1.29, 1.82) is 0 Å². The number of carbonyl (C=O) groups is 1. The normalized spacial score (nSPS) is 10.3. The SMILES string of the molecule is Cc1cccc(C(=O)COc2ccc(Br)c(C)c2)c1. The van der Waals surface area contributed by atoms with Crippen molar-refractivity contribution in [3.05, 3.63) is 63.6 Å². The third-order valence-electron chi connectivity index (χ3n) is 2.84. The second-order valence-corrected chi connectivity index (χ2v) is 5.35. The van der Waals surface area contributed by atoms with Crippen LogP contribution in [0, 0.1) is 13.8 Å². The van der Waals surface area contributed by atoms with E-state index in [2.05, 4.69) is 15.9 Å². The van der Waals surface area contributed by atoms with Crippen molar-refractivity contribution in [3.63, 3.8) is 0 Å². The molecule has 2 aromatic rings. The number of benzene rings is 2. The van der Waals surface area contributed by atoms with Gasteiger partial charge in [0.05, 0.1) is 0 Å². The van der Waals surface area contributed by atoms with E-state index in [0.29, 0.717) is 11.3 Å². The first-order valence-corrected chi connectivity index (χ1v) is 6.84. The van der Waals surface area contributed by atoms with E-state index in [-0.39, 0.29) is 12.4 Å². The predicted octanol–water partition coefficient (Wildman–Crippen LogP) is 4.33. The molecule has 0 aliphatic carbocycles. The molecule has 19 heavy (non-hydrogen) atoms.